The second kappa shape index (κ2) is 5.91. The summed E-state index contributed by atoms with van der Waals surface area (Å²) in [5.41, 5.74) is 1.35. The van der Waals surface area contributed by atoms with E-state index in [0.29, 0.717) is 32.5 Å². The lowest BCUT2D eigenvalue weighted by Crippen LogP contribution is -2.00. The Morgan fingerprint density at radius 1 is 1.23 bits per heavy atom. The molecule has 0 aliphatic rings. The molecule has 7 heteroatoms. The van der Waals surface area contributed by atoms with Crippen molar-refractivity contribution in [1.29, 1.82) is 0 Å². The van der Waals surface area contributed by atoms with Gasteiger partial charge in [-0.25, -0.2) is 4.68 Å². The summed E-state index contributed by atoms with van der Waals surface area (Å²) in [5.74, 6) is 0.0298. The maximum absolute atomic E-state index is 11.0. The van der Waals surface area contributed by atoms with Gasteiger partial charge < -0.3 is 4.74 Å². The van der Waals surface area contributed by atoms with Crippen molar-refractivity contribution in [2.45, 2.75) is 6.92 Å². The van der Waals surface area contributed by atoms with Crippen molar-refractivity contribution in [3.63, 3.8) is 0 Å². The van der Waals surface area contributed by atoms with Crippen molar-refractivity contribution in [2.24, 2.45) is 0 Å². The van der Waals surface area contributed by atoms with E-state index in [1.54, 1.807) is 28.9 Å². The lowest BCUT2D eigenvalue weighted by atomic mass is 10.2. The third-order valence-corrected chi connectivity index (χ3v) is 4.14. The molecule has 1 heterocycles. The highest BCUT2D eigenvalue weighted by Gasteiger charge is 2.14. The van der Waals surface area contributed by atoms with Gasteiger partial charge in [0.15, 0.2) is 0 Å². The number of ether oxygens (including phenoxy) is 1. The fourth-order valence-corrected chi connectivity index (χ4v) is 3.11. The number of hydrogen-bond acceptors (Lipinski definition) is 3. The van der Waals surface area contributed by atoms with E-state index in [1.165, 1.54) is 6.92 Å². The Kier molecular flexibility index (Phi) is 4.12. The minimum absolute atomic E-state index is 0.390. The number of halogens is 3. The van der Waals surface area contributed by atoms with Crippen LogP contribution in [0.25, 0.3) is 16.6 Å². The van der Waals surface area contributed by atoms with Crippen LogP contribution in [0.1, 0.15) is 6.92 Å². The molecule has 22 heavy (non-hydrogen) atoms. The van der Waals surface area contributed by atoms with Gasteiger partial charge in [-0.05, 0) is 36.4 Å². The first-order chi connectivity index (χ1) is 10.5. The number of carbonyl (C=O) groups is 1. The smallest absolute Gasteiger partial charge is 0.308 e. The molecule has 4 nitrogen and oxygen atoms in total. The fourth-order valence-electron chi connectivity index (χ4n) is 2.08. The highest BCUT2D eigenvalue weighted by atomic mass is 79.9. The topological polar surface area (TPSA) is 44.1 Å². The normalized spacial score (nSPS) is 10.9. The zero-order chi connectivity index (χ0) is 15.9. The molecule has 0 fully saturated rings. The molecule has 0 saturated heterocycles. The maximum atomic E-state index is 11.0. The summed E-state index contributed by atoms with van der Waals surface area (Å²) in [6.45, 7) is 1.34. The Hall–Kier alpha value is -1.56. The van der Waals surface area contributed by atoms with Gasteiger partial charge in [-0.15, -0.1) is 0 Å². The number of nitrogens with zero attached hydrogens (tertiary/aromatic N) is 2. The van der Waals surface area contributed by atoms with E-state index >= 15 is 0 Å². The average molecular weight is 400 g/mol. The number of benzene rings is 2. The molecule has 3 rings (SSSR count). The fraction of sp³-hybridized carbons (Fsp3) is 0.0667. The molecule has 1 aromatic heterocycles. The molecule has 0 saturated carbocycles. The summed E-state index contributed by atoms with van der Waals surface area (Å²) >= 11 is 16.0. The van der Waals surface area contributed by atoms with Crippen molar-refractivity contribution in [3.8, 4) is 11.4 Å². The van der Waals surface area contributed by atoms with E-state index in [2.05, 4.69) is 21.0 Å². The maximum Gasteiger partial charge on any atom is 0.308 e. The molecule has 0 atom stereocenters. The molecule has 0 aliphatic carbocycles. The predicted molar refractivity (Wildman–Crippen MR) is 90.1 cm³/mol. The SMILES string of the molecule is CC(=O)Oc1ccc2nn(-c3ccc(Br)cc3Cl)c(Cl)c2c1. The Morgan fingerprint density at radius 3 is 2.68 bits per heavy atom. The first-order valence-corrected chi connectivity index (χ1v) is 7.83. The van der Waals surface area contributed by atoms with Crippen LogP contribution in [0.15, 0.2) is 40.9 Å². The number of hydrogen-bond donors (Lipinski definition) is 0. The standard InChI is InChI=1S/C15H9BrCl2N2O2/c1-8(21)22-10-3-4-13-11(7-10)15(18)20(19-13)14-5-2-9(16)6-12(14)17/h2-7H,1H3. The molecule has 0 bridgehead atoms. The van der Waals surface area contributed by atoms with E-state index in [9.17, 15) is 4.79 Å². The average Bonchev–Trinajstić information content (AvgIpc) is 2.75. The van der Waals surface area contributed by atoms with Crippen LogP contribution < -0.4 is 4.74 Å². The minimum atomic E-state index is -0.390. The van der Waals surface area contributed by atoms with Gasteiger partial charge in [0.25, 0.3) is 0 Å². The summed E-state index contributed by atoms with van der Waals surface area (Å²) in [5, 5.41) is 6.03. The summed E-state index contributed by atoms with van der Waals surface area (Å²) in [7, 11) is 0. The number of aromatic nitrogens is 2. The molecular formula is C15H9BrCl2N2O2. The molecule has 0 unspecified atom stereocenters. The molecule has 112 valence electrons. The van der Waals surface area contributed by atoms with Crippen LogP contribution in [0.3, 0.4) is 0 Å². The highest BCUT2D eigenvalue weighted by molar-refractivity contribution is 9.10. The predicted octanol–water partition coefficient (Wildman–Crippen LogP) is 5.02. The first-order valence-electron chi connectivity index (χ1n) is 6.28. The zero-order valence-corrected chi connectivity index (χ0v) is 14.4. The monoisotopic (exact) mass is 398 g/mol. The van der Waals surface area contributed by atoms with Crippen LogP contribution in [-0.4, -0.2) is 15.7 Å². The van der Waals surface area contributed by atoms with E-state index < -0.39 is 0 Å². The van der Waals surface area contributed by atoms with E-state index in [1.807, 2.05) is 12.1 Å². The number of carbonyl (C=O) groups excluding carboxylic acids is 1. The van der Waals surface area contributed by atoms with Gasteiger partial charge in [0.05, 0.1) is 16.2 Å². The van der Waals surface area contributed by atoms with Gasteiger partial charge in [-0.1, -0.05) is 39.1 Å². The minimum Gasteiger partial charge on any atom is -0.427 e. The van der Waals surface area contributed by atoms with Crippen molar-refractivity contribution >= 4 is 56.0 Å². The summed E-state index contributed by atoms with van der Waals surface area (Å²) < 4.78 is 7.49. The molecule has 2 aromatic carbocycles. The lowest BCUT2D eigenvalue weighted by Gasteiger charge is -2.05. The molecule has 0 spiro atoms. The van der Waals surface area contributed by atoms with E-state index in [4.69, 9.17) is 27.9 Å². The van der Waals surface area contributed by atoms with Gasteiger partial charge in [-0.3, -0.25) is 4.79 Å². The quantitative estimate of drug-likeness (QED) is 0.448. The van der Waals surface area contributed by atoms with E-state index in [0.717, 1.165) is 4.47 Å². The van der Waals surface area contributed by atoms with Crippen molar-refractivity contribution < 1.29 is 9.53 Å². The van der Waals surface area contributed by atoms with Crippen LogP contribution in [-0.2, 0) is 4.79 Å². The van der Waals surface area contributed by atoms with Gasteiger partial charge in [0.1, 0.15) is 10.9 Å². The van der Waals surface area contributed by atoms with Crippen molar-refractivity contribution in [2.75, 3.05) is 0 Å². The van der Waals surface area contributed by atoms with Gasteiger partial charge in [-0.2, -0.15) is 5.10 Å². The molecule has 0 radical (unpaired) electrons. The van der Waals surface area contributed by atoms with Crippen LogP contribution in [0.5, 0.6) is 5.75 Å². The third kappa shape index (κ3) is 2.84. The van der Waals surface area contributed by atoms with Gasteiger partial charge >= 0.3 is 5.97 Å². The summed E-state index contributed by atoms with van der Waals surface area (Å²) in [6.07, 6.45) is 0. The second-order valence-electron chi connectivity index (χ2n) is 4.57. The Bertz CT molecular complexity index is 893. The Labute approximate surface area is 144 Å². The molecule has 0 amide bonds. The molecule has 3 aromatic rings. The summed E-state index contributed by atoms with van der Waals surface area (Å²) in [6, 6.07) is 10.5. The van der Waals surface area contributed by atoms with E-state index in [-0.39, 0.29) is 5.97 Å². The highest BCUT2D eigenvalue weighted by Crippen LogP contribution is 2.32. The zero-order valence-electron chi connectivity index (χ0n) is 11.3. The first kappa shape index (κ1) is 15.3. The Balaban J connectivity index is 2.15. The number of rotatable bonds is 2. The van der Waals surface area contributed by atoms with Crippen molar-refractivity contribution in [1.82, 2.24) is 9.78 Å². The lowest BCUT2D eigenvalue weighted by molar-refractivity contribution is -0.131. The second-order valence-corrected chi connectivity index (χ2v) is 6.25. The van der Waals surface area contributed by atoms with Crippen molar-refractivity contribution in [3.05, 3.63) is 51.0 Å². The van der Waals surface area contributed by atoms with Crippen LogP contribution in [0, 0.1) is 0 Å². The Morgan fingerprint density at radius 2 is 2.00 bits per heavy atom. The van der Waals surface area contributed by atoms with Crippen LogP contribution >= 0.6 is 39.1 Å². The van der Waals surface area contributed by atoms with Gasteiger partial charge in [0, 0.05) is 16.8 Å². The molecular weight excluding hydrogens is 391 g/mol. The van der Waals surface area contributed by atoms with Crippen LogP contribution in [0.4, 0.5) is 0 Å². The molecule has 0 N–H and O–H groups in total. The van der Waals surface area contributed by atoms with Gasteiger partial charge in [0.2, 0.25) is 0 Å². The third-order valence-electron chi connectivity index (χ3n) is 2.98. The molecule has 0 aliphatic heterocycles. The number of fused-ring (bicyclic) bond motifs is 1. The van der Waals surface area contributed by atoms with Crippen LogP contribution in [0.2, 0.25) is 10.2 Å². The largest absolute Gasteiger partial charge is 0.427 e. The number of esters is 1. The summed E-state index contributed by atoms with van der Waals surface area (Å²) in [4.78, 5) is 11.0.